The van der Waals surface area contributed by atoms with Gasteiger partial charge in [0.2, 0.25) is 0 Å². The highest BCUT2D eigenvalue weighted by molar-refractivity contribution is 5.09. The summed E-state index contributed by atoms with van der Waals surface area (Å²) in [5.74, 6) is -0.360. The van der Waals surface area contributed by atoms with Crippen LogP contribution in [0.4, 0.5) is 4.39 Å². The number of aliphatic hydroxyl groups excluding tert-OH is 1. The predicted octanol–water partition coefficient (Wildman–Crippen LogP) is 0.318. The van der Waals surface area contributed by atoms with Gasteiger partial charge in [0.05, 0.1) is 25.5 Å². The Bertz CT molecular complexity index is 297. The van der Waals surface area contributed by atoms with E-state index in [0.717, 1.165) is 11.8 Å². The van der Waals surface area contributed by atoms with E-state index in [-0.39, 0.29) is 18.5 Å². The Morgan fingerprint density at radius 3 is 3.00 bits per heavy atom. The molecule has 0 aliphatic carbocycles. The van der Waals surface area contributed by atoms with Crippen LogP contribution in [0.15, 0.2) is 18.5 Å². The molecule has 1 aromatic heterocycles. The lowest BCUT2D eigenvalue weighted by Gasteiger charge is -2.14. The zero-order chi connectivity index (χ0) is 11.1. The van der Waals surface area contributed by atoms with Gasteiger partial charge in [-0.3, -0.25) is 4.98 Å². The van der Waals surface area contributed by atoms with Crippen LogP contribution >= 0.6 is 0 Å². The molecule has 1 atom stereocenters. The third kappa shape index (κ3) is 4.33. The van der Waals surface area contributed by atoms with Crippen molar-refractivity contribution in [2.24, 2.45) is 0 Å². The molecule has 0 bridgehead atoms. The minimum absolute atomic E-state index is 0.0173. The Balaban J connectivity index is 2.41. The van der Waals surface area contributed by atoms with Gasteiger partial charge in [-0.15, -0.1) is 0 Å². The molecule has 0 saturated carbocycles. The van der Waals surface area contributed by atoms with Crippen molar-refractivity contribution < 1.29 is 14.2 Å². The molecule has 0 spiro atoms. The molecule has 1 unspecified atom stereocenters. The number of pyridine rings is 1. The molecule has 84 valence electrons. The molecule has 0 aliphatic heterocycles. The van der Waals surface area contributed by atoms with Crippen molar-refractivity contribution in [3.05, 3.63) is 29.8 Å². The maximum atomic E-state index is 12.8. The largest absolute Gasteiger partial charge is 0.395 e. The quantitative estimate of drug-likeness (QED) is 0.716. The molecule has 1 aromatic rings. The fourth-order valence-corrected chi connectivity index (χ4v) is 1.19. The van der Waals surface area contributed by atoms with E-state index in [2.05, 4.69) is 10.3 Å². The van der Waals surface area contributed by atoms with Gasteiger partial charge in [0.25, 0.3) is 0 Å². The smallest absolute Gasteiger partial charge is 0.141 e. The van der Waals surface area contributed by atoms with Gasteiger partial charge in [0, 0.05) is 19.9 Å². The highest BCUT2D eigenvalue weighted by atomic mass is 19.1. The molecule has 0 saturated heterocycles. The molecule has 0 aliphatic rings. The monoisotopic (exact) mass is 214 g/mol. The predicted molar refractivity (Wildman–Crippen MR) is 53.8 cm³/mol. The first-order valence-corrected chi connectivity index (χ1v) is 4.69. The van der Waals surface area contributed by atoms with Crippen LogP contribution in [0.3, 0.4) is 0 Å². The molecular formula is C10H15FN2O2. The summed E-state index contributed by atoms with van der Waals surface area (Å²) in [5, 5.41) is 12.0. The number of methoxy groups -OCH3 is 1. The first kappa shape index (κ1) is 12.0. The molecule has 0 radical (unpaired) electrons. The number of nitrogens with zero attached hydrogens (tertiary/aromatic N) is 1. The average Bonchev–Trinajstić information content (AvgIpc) is 2.24. The van der Waals surface area contributed by atoms with Crippen molar-refractivity contribution in [3.63, 3.8) is 0 Å². The van der Waals surface area contributed by atoms with Crippen molar-refractivity contribution in [1.82, 2.24) is 10.3 Å². The molecule has 0 fully saturated rings. The second kappa shape index (κ2) is 6.44. The Morgan fingerprint density at radius 1 is 1.60 bits per heavy atom. The van der Waals surface area contributed by atoms with E-state index in [0.29, 0.717) is 13.2 Å². The fraction of sp³-hybridized carbons (Fsp3) is 0.500. The zero-order valence-corrected chi connectivity index (χ0v) is 8.61. The maximum absolute atomic E-state index is 12.8. The number of hydrogen-bond donors (Lipinski definition) is 2. The van der Waals surface area contributed by atoms with E-state index in [1.165, 1.54) is 6.07 Å². The van der Waals surface area contributed by atoms with Crippen LogP contribution in [-0.4, -0.2) is 36.5 Å². The molecule has 0 amide bonds. The minimum Gasteiger partial charge on any atom is -0.395 e. The fourth-order valence-electron chi connectivity index (χ4n) is 1.19. The van der Waals surface area contributed by atoms with E-state index in [1.807, 2.05) is 0 Å². The number of hydrogen-bond acceptors (Lipinski definition) is 4. The first-order valence-electron chi connectivity index (χ1n) is 4.69. The minimum atomic E-state index is -0.360. The van der Waals surface area contributed by atoms with Gasteiger partial charge in [-0.25, -0.2) is 4.39 Å². The van der Waals surface area contributed by atoms with Crippen molar-refractivity contribution in [1.29, 1.82) is 0 Å². The van der Waals surface area contributed by atoms with E-state index in [1.54, 1.807) is 13.3 Å². The van der Waals surface area contributed by atoms with Crippen molar-refractivity contribution >= 4 is 0 Å². The Kier molecular flexibility index (Phi) is 5.17. The van der Waals surface area contributed by atoms with Crippen LogP contribution < -0.4 is 5.32 Å². The van der Waals surface area contributed by atoms with Gasteiger partial charge in [-0.2, -0.15) is 0 Å². The van der Waals surface area contributed by atoms with E-state index < -0.39 is 0 Å². The summed E-state index contributed by atoms with van der Waals surface area (Å²) in [5.41, 5.74) is 0.740. The topological polar surface area (TPSA) is 54.4 Å². The SMILES string of the molecule is COCC(CO)NCc1cncc(F)c1. The standard InChI is InChI=1S/C10H15FN2O2/c1-15-7-10(6-14)13-4-8-2-9(11)5-12-3-8/h2-3,5,10,13-14H,4,6-7H2,1H3. The Labute approximate surface area is 88.1 Å². The van der Waals surface area contributed by atoms with Crippen molar-refractivity contribution in [2.75, 3.05) is 20.3 Å². The van der Waals surface area contributed by atoms with Crippen LogP contribution in [0.5, 0.6) is 0 Å². The summed E-state index contributed by atoms with van der Waals surface area (Å²) in [4.78, 5) is 3.73. The lowest BCUT2D eigenvalue weighted by atomic mass is 10.2. The summed E-state index contributed by atoms with van der Waals surface area (Å²) in [6, 6.07) is 1.26. The second-order valence-electron chi connectivity index (χ2n) is 3.23. The molecule has 1 rings (SSSR count). The average molecular weight is 214 g/mol. The number of halogens is 1. The van der Waals surface area contributed by atoms with Crippen LogP contribution in [0.25, 0.3) is 0 Å². The van der Waals surface area contributed by atoms with E-state index in [4.69, 9.17) is 9.84 Å². The molecule has 1 heterocycles. The molecule has 15 heavy (non-hydrogen) atoms. The van der Waals surface area contributed by atoms with E-state index in [9.17, 15) is 4.39 Å². The highest BCUT2D eigenvalue weighted by Gasteiger charge is 2.06. The third-order valence-electron chi connectivity index (χ3n) is 1.94. The van der Waals surface area contributed by atoms with Gasteiger partial charge < -0.3 is 15.2 Å². The summed E-state index contributed by atoms with van der Waals surface area (Å²) >= 11 is 0. The van der Waals surface area contributed by atoms with Crippen LogP contribution in [0, 0.1) is 5.82 Å². The number of rotatable bonds is 6. The second-order valence-corrected chi connectivity index (χ2v) is 3.23. The van der Waals surface area contributed by atoms with Gasteiger partial charge in [0.15, 0.2) is 0 Å². The Morgan fingerprint density at radius 2 is 2.40 bits per heavy atom. The third-order valence-corrected chi connectivity index (χ3v) is 1.94. The highest BCUT2D eigenvalue weighted by Crippen LogP contribution is 2.00. The lowest BCUT2D eigenvalue weighted by molar-refractivity contribution is 0.128. The summed E-state index contributed by atoms with van der Waals surface area (Å²) in [7, 11) is 1.56. The summed E-state index contributed by atoms with van der Waals surface area (Å²) in [6.45, 7) is 0.856. The number of nitrogens with one attached hydrogen (secondary N) is 1. The van der Waals surface area contributed by atoms with Gasteiger partial charge >= 0.3 is 0 Å². The first-order chi connectivity index (χ1) is 7.26. The van der Waals surface area contributed by atoms with Crippen LogP contribution in [0.2, 0.25) is 0 Å². The normalized spacial score (nSPS) is 12.7. The molecule has 2 N–H and O–H groups in total. The lowest BCUT2D eigenvalue weighted by Crippen LogP contribution is -2.35. The van der Waals surface area contributed by atoms with E-state index >= 15 is 0 Å². The molecular weight excluding hydrogens is 199 g/mol. The van der Waals surface area contributed by atoms with Crippen LogP contribution in [-0.2, 0) is 11.3 Å². The van der Waals surface area contributed by atoms with Gasteiger partial charge in [0.1, 0.15) is 5.82 Å². The number of aromatic nitrogens is 1. The molecule has 4 nitrogen and oxygen atoms in total. The Hall–Kier alpha value is -1.04. The van der Waals surface area contributed by atoms with Crippen molar-refractivity contribution in [3.8, 4) is 0 Å². The van der Waals surface area contributed by atoms with Crippen LogP contribution in [0.1, 0.15) is 5.56 Å². The van der Waals surface area contributed by atoms with Gasteiger partial charge in [-0.05, 0) is 11.6 Å². The summed E-state index contributed by atoms with van der Waals surface area (Å²) < 4.78 is 17.7. The summed E-state index contributed by atoms with van der Waals surface area (Å²) in [6.07, 6.45) is 2.74. The number of ether oxygens (including phenoxy) is 1. The van der Waals surface area contributed by atoms with Gasteiger partial charge in [-0.1, -0.05) is 0 Å². The zero-order valence-electron chi connectivity index (χ0n) is 8.61. The number of aliphatic hydroxyl groups is 1. The maximum Gasteiger partial charge on any atom is 0.141 e. The molecule has 5 heteroatoms. The van der Waals surface area contributed by atoms with Crippen molar-refractivity contribution in [2.45, 2.75) is 12.6 Å². The molecule has 0 aromatic carbocycles.